The van der Waals surface area contributed by atoms with Gasteiger partial charge in [-0.15, -0.1) is 0 Å². The van der Waals surface area contributed by atoms with E-state index < -0.39 is 15.2 Å². The number of carbonyl (C=O) groups excluding carboxylic acids is 2. The van der Waals surface area contributed by atoms with E-state index in [2.05, 4.69) is 0 Å². The molecule has 240 valence electrons. The van der Waals surface area contributed by atoms with Crippen LogP contribution < -0.4 is 9.80 Å². The highest BCUT2D eigenvalue weighted by Crippen LogP contribution is 2.48. The first-order valence-electron chi connectivity index (χ1n) is 15.2. The van der Waals surface area contributed by atoms with Crippen LogP contribution in [0.3, 0.4) is 0 Å². The Morgan fingerprint density at radius 2 is 1.00 bits per heavy atom. The predicted molar refractivity (Wildman–Crippen MR) is 172 cm³/mol. The SMILES string of the molecule is CCOP(=O)(CCc1ccc(N(C=O)CCCCCCCCCN(C=O)c2ccc(CCP(=O)(O)O)cc2)cc1)OCC. The molecule has 0 fully saturated rings. The monoisotopic (exact) mass is 638 g/mol. The summed E-state index contributed by atoms with van der Waals surface area (Å²) in [5.74, 6) is 0. The highest BCUT2D eigenvalue weighted by molar-refractivity contribution is 7.53. The Morgan fingerprint density at radius 1 is 0.628 bits per heavy atom. The van der Waals surface area contributed by atoms with Crippen LogP contribution in [0.5, 0.6) is 0 Å². The molecule has 0 aromatic heterocycles. The number of amides is 2. The molecule has 2 rings (SSSR count). The Labute approximate surface area is 256 Å². The van der Waals surface area contributed by atoms with Crippen LogP contribution >= 0.6 is 15.2 Å². The van der Waals surface area contributed by atoms with Gasteiger partial charge < -0.3 is 28.6 Å². The van der Waals surface area contributed by atoms with Crippen LogP contribution in [0.1, 0.15) is 69.9 Å². The van der Waals surface area contributed by atoms with E-state index in [4.69, 9.17) is 18.8 Å². The summed E-state index contributed by atoms with van der Waals surface area (Å²) in [5.41, 5.74) is 3.46. The summed E-state index contributed by atoms with van der Waals surface area (Å²) in [6, 6.07) is 15.0. The maximum atomic E-state index is 12.7. The van der Waals surface area contributed by atoms with Gasteiger partial charge in [0.05, 0.1) is 25.5 Å². The molecule has 2 aromatic rings. The number of aryl methyl sites for hydroxylation is 2. The van der Waals surface area contributed by atoms with Crippen molar-refractivity contribution in [2.45, 2.75) is 71.6 Å². The van der Waals surface area contributed by atoms with Crippen LogP contribution in [-0.4, -0.2) is 61.2 Å². The average molecular weight is 639 g/mol. The summed E-state index contributed by atoms with van der Waals surface area (Å²) in [6.07, 6.45) is 9.78. The Morgan fingerprint density at radius 3 is 1.35 bits per heavy atom. The predicted octanol–water partition coefficient (Wildman–Crippen LogP) is 6.57. The first-order chi connectivity index (χ1) is 20.6. The van der Waals surface area contributed by atoms with Gasteiger partial charge in [-0.25, -0.2) is 0 Å². The van der Waals surface area contributed by atoms with Crippen molar-refractivity contribution in [3.05, 3.63) is 59.7 Å². The zero-order valence-electron chi connectivity index (χ0n) is 25.5. The van der Waals surface area contributed by atoms with Crippen LogP contribution in [0.2, 0.25) is 0 Å². The molecular weight excluding hydrogens is 590 g/mol. The molecule has 43 heavy (non-hydrogen) atoms. The summed E-state index contributed by atoms with van der Waals surface area (Å²) < 4.78 is 34.4. The molecule has 10 nitrogen and oxygen atoms in total. The lowest BCUT2D eigenvalue weighted by Gasteiger charge is -2.19. The third kappa shape index (κ3) is 14.8. The molecule has 0 unspecified atom stereocenters. The van der Waals surface area contributed by atoms with Crippen molar-refractivity contribution in [2.24, 2.45) is 0 Å². The van der Waals surface area contributed by atoms with Gasteiger partial charge in [0.15, 0.2) is 0 Å². The van der Waals surface area contributed by atoms with Crippen LogP contribution in [0.15, 0.2) is 48.5 Å². The van der Waals surface area contributed by atoms with E-state index in [1.807, 2.05) is 36.4 Å². The van der Waals surface area contributed by atoms with Crippen molar-refractivity contribution in [3.8, 4) is 0 Å². The smallest absolute Gasteiger partial charge is 0.324 e. The highest BCUT2D eigenvalue weighted by Gasteiger charge is 2.23. The van der Waals surface area contributed by atoms with E-state index in [1.54, 1.807) is 35.8 Å². The third-order valence-corrected chi connectivity index (χ3v) is 9.99. The largest absolute Gasteiger partial charge is 0.330 e. The van der Waals surface area contributed by atoms with Gasteiger partial charge in [0.25, 0.3) is 0 Å². The Balaban J connectivity index is 1.62. The number of rotatable bonds is 24. The van der Waals surface area contributed by atoms with Crippen LogP contribution in [-0.2, 0) is 40.6 Å². The lowest BCUT2D eigenvalue weighted by molar-refractivity contribution is -0.108. The topological polar surface area (TPSA) is 134 Å². The number of unbranched alkanes of at least 4 members (excludes halogenated alkanes) is 6. The Hall–Kier alpha value is -2.32. The van der Waals surface area contributed by atoms with Crippen molar-refractivity contribution in [1.29, 1.82) is 0 Å². The number of hydrogen-bond acceptors (Lipinski definition) is 6. The number of hydrogen-bond donors (Lipinski definition) is 2. The van der Waals surface area contributed by atoms with Crippen LogP contribution in [0.25, 0.3) is 0 Å². The van der Waals surface area contributed by atoms with E-state index in [1.165, 1.54) is 0 Å². The van der Waals surface area contributed by atoms with Gasteiger partial charge in [-0.1, -0.05) is 56.4 Å². The molecule has 12 heteroatoms. The minimum atomic E-state index is -4.02. The van der Waals surface area contributed by atoms with Crippen molar-refractivity contribution in [3.63, 3.8) is 0 Å². The molecule has 0 atom stereocenters. The molecule has 2 aromatic carbocycles. The zero-order chi connectivity index (χ0) is 31.6. The fourth-order valence-electron chi connectivity index (χ4n) is 4.74. The van der Waals surface area contributed by atoms with Gasteiger partial charge in [0, 0.05) is 24.5 Å². The number of nitrogens with zero attached hydrogens (tertiary/aromatic N) is 2. The van der Waals surface area contributed by atoms with E-state index in [0.717, 1.165) is 80.3 Å². The van der Waals surface area contributed by atoms with Crippen LogP contribution in [0.4, 0.5) is 11.4 Å². The second-order valence-electron chi connectivity index (χ2n) is 10.5. The molecule has 2 N–H and O–H groups in total. The maximum absolute atomic E-state index is 12.7. The first-order valence-corrected chi connectivity index (χ1v) is 18.7. The number of benzene rings is 2. The molecule has 0 aliphatic rings. The minimum Gasteiger partial charge on any atom is -0.324 e. The van der Waals surface area contributed by atoms with Gasteiger partial charge >= 0.3 is 15.2 Å². The van der Waals surface area contributed by atoms with Crippen molar-refractivity contribution in [2.75, 3.05) is 48.4 Å². The number of carbonyl (C=O) groups is 2. The second kappa shape index (κ2) is 19.9. The first kappa shape index (κ1) is 36.9. The van der Waals surface area contributed by atoms with Gasteiger partial charge in [0.1, 0.15) is 0 Å². The molecule has 0 saturated heterocycles. The molecular formula is C31H48N2O8P2. The van der Waals surface area contributed by atoms with E-state index in [-0.39, 0.29) is 6.16 Å². The number of anilines is 2. The van der Waals surface area contributed by atoms with Gasteiger partial charge in [0.2, 0.25) is 12.8 Å². The summed E-state index contributed by atoms with van der Waals surface area (Å²) in [5, 5.41) is 0. The van der Waals surface area contributed by atoms with E-state index >= 15 is 0 Å². The summed E-state index contributed by atoms with van der Waals surface area (Å²) in [6.45, 7) is 5.56. The van der Waals surface area contributed by atoms with Crippen molar-refractivity contribution in [1.82, 2.24) is 0 Å². The molecule has 0 heterocycles. The lowest BCUT2D eigenvalue weighted by atomic mass is 10.1. The van der Waals surface area contributed by atoms with Gasteiger partial charge in [-0.05, 0) is 74.9 Å². The van der Waals surface area contributed by atoms with Crippen molar-refractivity contribution < 1.29 is 37.6 Å². The van der Waals surface area contributed by atoms with E-state index in [9.17, 15) is 18.7 Å². The van der Waals surface area contributed by atoms with Gasteiger partial charge in [-0.3, -0.25) is 18.7 Å². The minimum absolute atomic E-state index is 0.189. The van der Waals surface area contributed by atoms with Gasteiger partial charge in [-0.2, -0.15) is 0 Å². The van der Waals surface area contributed by atoms with E-state index in [0.29, 0.717) is 45.3 Å². The molecule has 0 spiro atoms. The Kier molecular flexibility index (Phi) is 17.0. The zero-order valence-corrected chi connectivity index (χ0v) is 27.3. The summed E-state index contributed by atoms with van der Waals surface area (Å²) >= 11 is 0. The molecule has 0 aliphatic carbocycles. The molecule has 0 saturated carbocycles. The highest BCUT2D eigenvalue weighted by atomic mass is 31.2. The standard InChI is InChI=1S/C31H48N2O8P2/c1-3-40-43(39,41-4-2)25-21-29-14-18-31(19-15-29)33(27-35)23-11-9-7-5-6-8-10-22-32(26-34)30-16-12-28(13-17-30)20-24-42(36,37)38/h12-19,26-27H,3-11,20-25H2,1-2H3,(H2,36,37,38). The Bertz CT molecular complexity index is 1160. The average Bonchev–Trinajstić information content (AvgIpc) is 2.99. The van der Waals surface area contributed by atoms with Crippen molar-refractivity contribution >= 4 is 39.4 Å². The quantitative estimate of drug-likeness (QED) is 0.0749. The lowest BCUT2D eigenvalue weighted by Crippen LogP contribution is -2.22. The molecule has 0 aliphatic heterocycles. The summed E-state index contributed by atoms with van der Waals surface area (Å²) in [4.78, 5) is 44.7. The molecule has 0 bridgehead atoms. The van der Waals surface area contributed by atoms with Crippen LogP contribution in [0, 0.1) is 0 Å². The third-order valence-electron chi connectivity index (χ3n) is 7.11. The fraction of sp³-hybridized carbons (Fsp3) is 0.548. The molecule has 2 amide bonds. The maximum Gasteiger partial charge on any atom is 0.330 e. The normalized spacial score (nSPS) is 11.8. The second-order valence-corrected chi connectivity index (χ2v) is 14.4. The molecule has 0 radical (unpaired) electrons. The fourth-order valence-corrected chi connectivity index (χ4v) is 6.94. The summed E-state index contributed by atoms with van der Waals surface area (Å²) in [7, 11) is -7.10.